The molecule has 1 aliphatic rings. The van der Waals surface area contributed by atoms with Gasteiger partial charge in [0.2, 0.25) is 0 Å². The third kappa shape index (κ3) is 4.73. The van der Waals surface area contributed by atoms with Crippen LogP contribution in [0.1, 0.15) is 46.1 Å². The molecule has 0 aliphatic heterocycles. The van der Waals surface area contributed by atoms with E-state index in [2.05, 4.69) is 12.2 Å². The molecule has 1 aliphatic carbocycles. The Bertz CT molecular complexity index is 495. The SMILES string of the molecule is CC[C@@H]1C[C@]1(COCc1ccccc1)NC(=O)OC(C)(C)C. The molecule has 2 atom stereocenters. The number of ether oxygens (including phenoxy) is 2. The van der Waals surface area contributed by atoms with Crippen molar-refractivity contribution in [3.05, 3.63) is 35.9 Å². The van der Waals surface area contributed by atoms with Crippen molar-refractivity contribution in [3.63, 3.8) is 0 Å². The first-order valence-electron chi connectivity index (χ1n) is 7.97. The van der Waals surface area contributed by atoms with Gasteiger partial charge in [0.05, 0.1) is 18.8 Å². The first-order valence-corrected chi connectivity index (χ1v) is 7.97. The smallest absolute Gasteiger partial charge is 0.408 e. The molecule has 1 N–H and O–H groups in total. The molecular weight excluding hydrogens is 278 g/mol. The van der Waals surface area contributed by atoms with Crippen molar-refractivity contribution < 1.29 is 14.3 Å². The van der Waals surface area contributed by atoms with Crippen molar-refractivity contribution in [2.45, 2.75) is 58.3 Å². The number of carbonyl (C=O) groups excluding carboxylic acids is 1. The van der Waals surface area contributed by atoms with E-state index in [9.17, 15) is 4.79 Å². The molecule has 4 heteroatoms. The van der Waals surface area contributed by atoms with Gasteiger partial charge in [-0.1, -0.05) is 43.7 Å². The van der Waals surface area contributed by atoms with Gasteiger partial charge in [-0.05, 0) is 38.7 Å². The van der Waals surface area contributed by atoms with Gasteiger partial charge in [-0.15, -0.1) is 0 Å². The summed E-state index contributed by atoms with van der Waals surface area (Å²) in [6, 6.07) is 10.1. The van der Waals surface area contributed by atoms with Gasteiger partial charge >= 0.3 is 6.09 Å². The molecule has 4 nitrogen and oxygen atoms in total. The van der Waals surface area contributed by atoms with Gasteiger partial charge in [0.25, 0.3) is 0 Å². The molecule has 0 spiro atoms. The lowest BCUT2D eigenvalue weighted by atomic mass is 10.2. The predicted molar refractivity (Wildman–Crippen MR) is 86.6 cm³/mol. The average Bonchev–Trinajstić information content (AvgIpc) is 3.10. The molecular formula is C18H27NO3. The van der Waals surface area contributed by atoms with E-state index in [-0.39, 0.29) is 11.6 Å². The van der Waals surface area contributed by atoms with Crippen molar-refractivity contribution in [1.82, 2.24) is 5.32 Å². The molecule has 1 aromatic carbocycles. The number of hydrogen-bond acceptors (Lipinski definition) is 3. The first-order chi connectivity index (χ1) is 10.3. The van der Waals surface area contributed by atoms with Crippen LogP contribution in [0.5, 0.6) is 0 Å². The lowest BCUT2D eigenvalue weighted by Gasteiger charge is -2.24. The predicted octanol–water partition coefficient (Wildman–Crippen LogP) is 3.90. The number of benzene rings is 1. The van der Waals surface area contributed by atoms with Gasteiger partial charge in [0, 0.05) is 0 Å². The van der Waals surface area contributed by atoms with Crippen LogP contribution in [0.2, 0.25) is 0 Å². The third-order valence-electron chi connectivity index (χ3n) is 3.95. The van der Waals surface area contributed by atoms with Gasteiger partial charge in [-0.25, -0.2) is 4.79 Å². The van der Waals surface area contributed by atoms with E-state index in [1.807, 2.05) is 51.1 Å². The zero-order valence-electron chi connectivity index (χ0n) is 14.0. The Morgan fingerprint density at radius 2 is 2.00 bits per heavy atom. The Balaban J connectivity index is 1.85. The Morgan fingerprint density at radius 3 is 2.55 bits per heavy atom. The molecule has 22 heavy (non-hydrogen) atoms. The number of nitrogens with one attached hydrogen (secondary N) is 1. The molecule has 0 bridgehead atoms. The van der Waals surface area contributed by atoms with Gasteiger partial charge < -0.3 is 14.8 Å². The minimum Gasteiger partial charge on any atom is -0.444 e. The van der Waals surface area contributed by atoms with Gasteiger partial charge in [-0.2, -0.15) is 0 Å². The molecule has 1 amide bonds. The lowest BCUT2D eigenvalue weighted by Crippen LogP contribution is -2.44. The minimum atomic E-state index is -0.479. The molecule has 1 fully saturated rings. The van der Waals surface area contributed by atoms with E-state index in [1.165, 1.54) is 0 Å². The number of carbonyl (C=O) groups is 1. The number of alkyl carbamates (subject to hydrolysis) is 1. The molecule has 2 rings (SSSR count). The molecule has 0 unspecified atom stereocenters. The molecule has 0 heterocycles. The van der Waals surface area contributed by atoms with Gasteiger partial charge in [0.1, 0.15) is 5.60 Å². The minimum absolute atomic E-state index is 0.258. The van der Waals surface area contributed by atoms with Crippen LogP contribution in [0.3, 0.4) is 0 Å². The summed E-state index contributed by atoms with van der Waals surface area (Å²) in [6.07, 6.45) is 1.63. The van der Waals surface area contributed by atoms with Crippen LogP contribution in [0.4, 0.5) is 4.79 Å². The summed E-state index contributed by atoms with van der Waals surface area (Å²) < 4.78 is 11.2. The standard InChI is InChI=1S/C18H27NO3/c1-5-15-11-18(15,19-16(20)22-17(2,3)4)13-21-12-14-9-7-6-8-10-14/h6-10,15H,5,11-13H2,1-4H3,(H,19,20)/t15-,18-/m1/s1. The quantitative estimate of drug-likeness (QED) is 0.867. The van der Waals surface area contributed by atoms with E-state index in [1.54, 1.807) is 0 Å². The number of hydrogen-bond donors (Lipinski definition) is 1. The molecule has 1 saturated carbocycles. The Labute approximate surface area is 133 Å². The van der Waals surface area contributed by atoms with Gasteiger partial charge in [0.15, 0.2) is 0 Å². The van der Waals surface area contributed by atoms with E-state index in [4.69, 9.17) is 9.47 Å². The molecule has 1 aromatic rings. The fourth-order valence-corrected chi connectivity index (χ4v) is 2.71. The highest BCUT2D eigenvalue weighted by Crippen LogP contribution is 2.46. The Morgan fingerprint density at radius 1 is 1.32 bits per heavy atom. The van der Waals surface area contributed by atoms with Crippen LogP contribution in [0.15, 0.2) is 30.3 Å². The molecule has 0 radical (unpaired) electrons. The second kappa shape index (κ2) is 6.69. The van der Waals surface area contributed by atoms with Crippen molar-refractivity contribution in [2.75, 3.05) is 6.61 Å². The van der Waals surface area contributed by atoms with Crippen molar-refractivity contribution in [2.24, 2.45) is 5.92 Å². The number of rotatable bonds is 6. The molecule has 122 valence electrons. The third-order valence-corrected chi connectivity index (χ3v) is 3.95. The van der Waals surface area contributed by atoms with Crippen LogP contribution < -0.4 is 5.32 Å². The fraction of sp³-hybridized carbons (Fsp3) is 0.611. The maximum absolute atomic E-state index is 12.0. The van der Waals surface area contributed by atoms with Crippen molar-refractivity contribution in [1.29, 1.82) is 0 Å². The average molecular weight is 305 g/mol. The Kier molecular flexibility index (Phi) is 5.12. The molecule has 0 aromatic heterocycles. The highest BCUT2D eigenvalue weighted by molar-refractivity contribution is 5.69. The number of amides is 1. The van der Waals surface area contributed by atoms with Crippen LogP contribution in [-0.2, 0) is 16.1 Å². The summed E-state index contributed by atoms with van der Waals surface area (Å²) in [5.74, 6) is 0.468. The van der Waals surface area contributed by atoms with Crippen molar-refractivity contribution in [3.8, 4) is 0 Å². The molecule has 0 saturated heterocycles. The largest absolute Gasteiger partial charge is 0.444 e. The van der Waals surface area contributed by atoms with Crippen LogP contribution in [0, 0.1) is 5.92 Å². The van der Waals surface area contributed by atoms with Crippen LogP contribution in [-0.4, -0.2) is 23.8 Å². The van der Waals surface area contributed by atoms with Gasteiger partial charge in [-0.3, -0.25) is 0 Å². The summed E-state index contributed by atoms with van der Waals surface area (Å²) in [7, 11) is 0. The zero-order valence-corrected chi connectivity index (χ0v) is 14.0. The highest BCUT2D eigenvalue weighted by atomic mass is 16.6. The zero-order chi connectivity index (χ0) is 16.2. The summed E-state index contributed by atoms with van der Waals surface area (Å²) >= 11 is 0. The lowest BCUT2D eigenvalue weighted by molar-refractivity contribution is 0.0386. The second-order valence-electron chi connectivity index (χ2n) is 7.07. The monoisotopic (exact) mass is 305 g/mol. The summed E-state index contributed by atoms with van der Waals surface area (Å²) in [4.78, 5) is 12.0. The summed E-state index contributed by atoms with van der Waals surface area (Å²) in [6.45, 7) is 8.84. The van der Waals surface area contributed by atoms with E-state index in [0.717, 1.165) is 18.4 Å². The van der Waals surface area contributed by atoms with Crippen LogP contribution >= 0.6 is 0 Å². The van der Waals surface area contributed by atoms with E-state index >= 15 is 0 Å². The maximum Gasteiger partial charge on any atom is 0.408 e. The topological polar surface area (TPSA) is 47.6 Å². The highest BCUT2D eigenvalue weighted by Gasteiger charge is 2.54. The van der Waals surface area contributed by atoms with E-state index in [0.29, 0.717) is 19.1 Å². The summed E-state index contributed by atoms with van der Waals surface area (Å²) in [5.41, 5.74) is 0.405. The van der Waals surface area contributed by atoms with Crippen molar-refractivity contribution >= 4 is 6.09 Å². The normalized spacial score (nSPS) is 23.9. The first kappa shape index (κ1) is 16.8. The van der Waals surface area contributed by atoms with E-state index < -0.39 is 5.60 Å². The maximum atomic E-state index is 12.0. The van der Waals surface area contributed by atoms with Crippen LogP contribution in [0.25, 0.3) is 0 Å². The Hall–Kier alpha value is -1.55. The summed E-state index contributed by atoms with van der Waals surface area (Å²) in [5, 5.41) is 3.03. The second-order valence-corrected chi connectivity index (χ2v) is 7.07. The fourth-order valence-electron chi connectivity index (χ4n) is 2.71.